The topological polar surface area (TPSA) is 85.4 Å². The van der Waals surface area contributed by atoms with E-state index < -0.39 is 11.7 Å². The molecule has 1 amide bonds. The molecule has 1 aromatic heterocycles. The largest absolute Gasteiger partial charge is 0.486 e. The number of anilines is 3. The fourth-order valence-electron chi connectivity index (χ4n) is 2.53. The molecule has 8 heteroatoms. The number of para-hydroxylation sites is 1. The van der Waals surface area contributed by atoms with Gasteiger partial charge in [0, 0.05) is 11.8 Å². The first-order valence-electron chi connectivity index (χ1n) is 8.24. The van der Waals surface area contributed by atoms with E-state index in [1.54, 1.807) is 36.4 Å². The summed E-state index contributed by atoms with van der Waals surface area (Å²) in [4.78, 5) is 20.5. The second kappa shape index (κ2) is 7.28. The van der Waals surface area contributed by atoms with E-state index in [0.717, 1.165) is 0 Å². The zero-order chi connectivity index (χ0) is 18.6. The number of carbonyl (C=O) groups is 1. The number of aromatic nitrogens is 2. The minimum Gasteiger partial charge on any atom is -0.486 e. The number of hydrogen-bond acceptors (Lipinski definition) is 6. The van der Waals surface area contributed by atoms with Gasteiger partial charge in [-0.3, -0.25) is 4.79 Å². The van der Waals surface area contributed by atoms with Crippen LogP contribution in [0.15, 0.2) is 54.9 Å². The first-order valence-corrected chi connectivity index (χ1v) is 8.24. The van der Waals surface area contributed by atoms with Crippen LogP contribution < -0.4 is 20.1 Å². The number of fused-ring (bicyclic) bond motifs is 1. The molecular weight excluding hydrogens is 351 g/mol. The van der Waals surface area contributed by atoms with E-state index in [2.05, 4.69) is 20.6 Å². The predicted octanol–water partition coefficient (Wildman–Crippen LogP) is 3.38. The van der Waals surface area contributed by atoms with Crippen molar-refractivity contribution in [1.29, 1.82) is 0 Å². The number of nitrogens with one attached hydrogen (secondary N) is 2. The maximum absolute atomic E-state index is 13.7. The van der Waals surface area contributed by atoms with Crippen LogP contribution in [0.1, 0.15) is 10.5 Å². The second-order valence-electron chi connectivity index (χ2n) is 5.70. The summed E-state index contributed by atoms with van der Waals surface area (Å²) in [5, 5.41) is 5.54. The molecule has 0 unspecified atom stereocenters. The molecule has 0 aliphatic carbocycles. The third-order valence-electron chi connectivity index (χ3n) is 3.82. The molecule has 0 bridgehead atoms. The molecule has 2 aromatic carbocycles. The number of ether oxygens (including phenoxy) is 2. The van der Waals surface area contributed by atoms with Gasteiger partial charge in [-0.05, 0) is 24.3 Å². The summed E-state index contributed by atoms with van der Waals surface area (Å²) in [6, 6.07) is 11.4. The Bertz CT molecular complexity index is 979. The predicted molar refractivity (Wildman–Crippen MR) is 97.1 cm³/mol. The van der Waals surface area contributed by atoms with Crippen molar-refractivity contribution in [3.8, 4) is 11.5 Å². The standard InChI is InChI=1S/C19H15FN4O3/c20-13-3-1-2-4-14(13)24-18-11-21-15(10-22-18)19(25)23-12-5-6-16-17(9-12)27-8-7-26-16/h1-6,9-11H,7-8H2,(H,22,24)(H,23,25). The average Bonchev–Trinajstić information content (AvgIpc) is 2.70. The minimum absolute atomic E-state index is 0.129. The molecule has 0 saturated carbocycles. The first kappa shape index (κ1) is 16.8. The summed E-state index contributed by atoms with van der Waals surface area (Å²) in [5.74, 6) is 0.726. The molecule has 1 aliphatic heterocycles. The van der Waals surface area contributed by atoms with E-state index in [4.69, 9.17) is 9.47 Å². The number of amides is 1. The first-order chi connectivity index (χ1) is 13.2. The summed E-state index contributed by atoms with van der Waals surface area (Å²) in [7, 11) is 0. The van der Waals surface area contributed by atoms with Gasteiger partial charge in [-0.2, -0.15) is 0 Å². The molecule has 27 heavy (non-hydrogen) atoms. The summed E-state index contributed by atoms with van der Waals surface area (Å²) in [5.41, 5.74) is 0.962. The fourth-order valence-corrected chi connectivity index (χ4v) is 2.53. The molecular formula is C19H15FN4O3. The molecule has 0 saturated heterocycles. The summed E-state index contributed by atoms with van der Waals surface area (Å²) in [6.07, 6.45) is 2.68. The summed E-state index contributed by atoms with van der Waals surface area (Å²) in [6.45, 7) is 0.966. The maximum atomic E-state index is 13.7. The van der Waals surface area contributed by atoms with Crippen LogP contribution in [0.4, 0.5) is 21.6 Å². The van der Waals surface area contributed by atoms with Gasteiger partial charge >= 0.3 is 0 Å². The van der Waals surface area contributed by atoms with Crippen molar-refractivity contribution in [3.63, 3.8) is 0 Å². The van der Waals surface area contributed by atoms with Crippen molar-refractivity contribution < 1.29 is 18.7 Å². The van der Waals surface area contributed by atoms with Crippen molar-refractivity contribution in [3.05, 3.63) is 66.4 Å². The van der Waals surface area contributed by atoms with Crippen molar-refractivity contribution in [2.24, 2.45) is 0 Å². The number of halogens is 1. The van der Waals surface area contributed by atoms with Crippen LogP contribution >= 0.6 is 0 Å². The number of carbonyl (C=O) groups excluding carboxylic acids is 1. The fraction of sp³-hybridized carbons (Fsp3) is 0.105. The van der Waals surface area contributed by atoms with Gasteiger partial charge < -0.3 is 20.1 Å². The van der Waals surface area contributed by atoms with Crippen LogP contribution in [0.25, 0.3) is 0 Å². The van der Waals surface area contributed by atoms with E-state index in [1.807, 2.05) is 0 Å². The molecule has 0 fully saturated rings. The van der Waals surface area contributed by atoms with Crippen LogP contribution in [0, 0.1) is 5.82 Å². The van der Waals surface area contributed by atoms with Gasteiger partial charge in [-0.1, -0.05) is 12.1 Å². The van der Waals surface area contributed by atoms with Crippen molar-refractivity contribution in [2.75, 3.05) is 23.8 Å². The molecule has 0 spiro atoms. The Labute approximate surface area is 154 Å². The lowest BCUT2D eigenvalue weighted by molar-refractivity contribution is 0.102. The molecule has 4 rings (SSSR count). The van der Waals surface area contributed by atoms with Gasteiger partial charge in [0.05, 0.1) is 18.1 Å². The smallest absolute Gasteiger partial charge is 0.275 e. The van der Waals surface area contributed by atoms with Crippen molar-refractivity contribution in [1.82, 2.24) is 9.97 Å². The van der Waals surface area contributed by atoms with E-state index in [1.165, 1.54) is 18.5 Å². The van der Waals surface area contributed by atoms with Gasteiger partial charge in [-0.25, -0.2) is 14.4 Å². The number of rotatable bonds is 4. The van der Waals surface area contributed by atoms with Crippen LogP contribution in [-0.2, 0) is 0 Å². The Morgan fingerprint density at radius 1 is 1.00 bits per heavy atom. The van der Waals surface area contributed by atoms with Gasteiger partial charge in [-0.15, -0.1) is 0 Å². The minimum atomic E-state index is -0.420. The lowest BCUT2D eigenvalue weighted by atomic mass is 10.2. The lowest BCUT2D eigenvalue weighted by Gasteiger charge is -2.18. The maximum Gasteiger partial charge on any atom is 0.275 e. The highest BCUT2D eigenvalue weighted by Crippen LogP contribution is 2.32. The molecule has 2 N–H and O–H groups in total. The molecule has 1 aliphatic rings. The summed E-state index contributed by atoms with van der Waals surface area (Å²) >= 11 is 0. The number of nitrogens with zero attached hydrogens (tertiary/aromatic N) is 2. The monoisotopic (exact) mass is 366 g/mol. The average molecular weight is 366 g/mol. The van der Waals surface area contributed by atoms with Gasteiger partial charge in [0.15, 0.2) is 11.5 Å². The number of benzene rings is 2. The highest BCUT2D eigenvalue weighted by Gasteiger charge is 2.14. The Kier molecular flexibility index (Phi) is 4.52. The van der Waals surface area contributed by atoms with E-state index >= 15 is 0 Å². The molecule has 3 aromatic rings. The highest BCUT2D eigenvalue weighted by molar-refractivity contribution is 6.02. The zero-order valence-electron chi connectivity index (χ0n) is 14.1. The van der Waals surface area contributed by atoms with Crippen LogP contribution in [0.5, 0.6) is 11.5 Å². The van der Waals surface area contributed by atoms with Gasteiger partial charge in [0.1, 0.15) is 30.5 Å². The SMILES string of the molecule is O=C(Nc1ccc2c(c1)OCCO2)c1cnc(Nc2ccccc2F)cn1. The quantitative estimate of drug-likeness (QED) is 0.736. The molecule has 0 radical (unpaired) electrons. The molecule has 136 valence electrons. The Morgan fingerprint density at radius 3 is 2.59 bits per heavy atom. The van der Waals surface area contributed by atoms with Gasteiger partial charge in [0.25, 0.3) is 5.91 Å². The van der Waals surface area contributed by atoms with Gasteiger partial charge in [0.2, 0.25) is 0 Å². The normalized spacial score (nSPS) is 12.3. The highest BCUT2D eigenvalue weighted by atomic mass is 19.1. The van der Waals surface area contributed by atoms with Crippen molar-refractivity contribution in [2.45, 2.75) is 0 Å². The Balaban J connectivity index is 1.44. The lowest BCUT2D eigenvalue weighted by Crippen LogP contribution is -2.17. The zero-order valence-corrected chi connectivity index (χ0v) is 14.1. The summed E-state index contributed by atoms with van der Waals surface area (Å²) < 4.78 is 24.6. The van der Waals surface area contributed by atoms with E-state index in [9.17, 15) is 9.18 Å². The van der Waals surface area contributed by atoms with Crippen LogP contribution in [0.3, 0.4) is 0 Å². The van der Waals surface area contributed by atoms with E-state index in [0.29, 0.717) is 36.2 Å². The number of hydrogen-bond donors (Lipinski definition) is 2. The van der Waals surface area contributed by atoms with E-state index in [-0.39, 0.29) is 11.4 Å². The molecule has 0 atom stereocenters. The second-order valence-corrected chi connectivity index (χ2v) is 5.70. The molecule has 2 heterocycles. The van der Waals surface area contributed by atoms with Crippen LogP contribution in [-0.4, -0.2) is 29.1 Å². The Morgan fingerprint density at radius 2 is 1.81 bits per heavy atom. The van der Waals surface area contributed by atoms with Crippen molar-refractivity contribution >= 4 is 23.1 Å². The third kappa shape index (κ3) is 3.79. The van der Waals surface area contributed by atoms with Crippen LogP contribution in [0.2, 0.25) is 0 Å². The molecule has 7 nitrogen and oxygen atoms in total. The Hall–Kier alpha value is -3.68. The third-order valence-corrected chi connectivity index (χ3v) is 3.82.